The molecule has 1 N–H and O–H groups in total. The number of hydrogen-bond donors (Lipinski definition) is 1. The summed E-state index contributed by atoms with van der Waals surface area (Å²) < 4.78 is 6.10. The van der Waals surface area contributed by atoms with Gasteiger partial charge in [-0.2, -0.15) is 0 Å². The van der Waals surface area contributed by atoms with Crippen LogP contribution in [0, 0.1) is 22.0 Å². The number of carbonyl (C=O) groups is 3. The monoisotopic (exact) mass is 526 g/mol. The summed E-state index contributed by atoms with van der Waals surface area (Å²) in [6, 6.07) is 8.95. The third-order valence-electron chi connectivity index (χ3n) is 7.57. The number of carbonyl (C=O) groups excluding carboxylic acids is 3. The van der Waals surface area contributed by atoms with E-state index in [4.69, 9.17) is 4.74 Å². The topological polar surface area (TPSA) is 122 Å². The molecule has 174 valence electrons. The number of nitrogens with one attached hydrogen (secondary N) is 1. The molecular weight excluding hydrogens is 508 g/mol. The van der Waals surface area contributed by atoms with Crippen LogP contribution in [0.15, 0.2) is 40.9 Å². The molecule has 34 heavy (non-hydrogen) atoms. The maximum atomic E-state index is 14.0. The van der Waals surface area contributed by atoms with Crippen LogP contribution in [0.4, 0.5) is 17.1 Å². The van der Waals surface area contributed by atoms with Crippen molar-refractivity contribution in [3.63, 3.8) is 0 Å². The predicted octanol–water partition coefficient (Wildman–Crippen LogP) is 2.80. The molecule has 2 aromatic rings. The van der Waals surface area contributed by atoms with E-state index in [1.807, 2.05) is 17.0 Å². The Hall–Kier alpha value is -3.31. The zero-order chi connectivity index (χ0) is 23.9. The number of anilines is 2. The van der Waals surface area contributed by atoms with Gasteiger partial charge in [0.25, 0.3) is 5.69 Å². The van der Waals surface area contributed by atoms with Crippen molar-refractivity contribution in [3.05, 3.63) is 56.5 Å². The Morgan fingerprint density at radius 2 is 1.97 bits per heavy atom. The lowest BCUT2D eigenvalue weighted by Gasteiger charge is -2.36. The highest BCUT2D eigenvalue weighted by molar-refractivity contribution is 9.10. The predicted molar refractivity (Wildman–Crippen MR) is 123 cm³/mol. The molecule has 11 heteroatoms. The van der Waals surface area contributed by atoms with Gasteiger partial charge in [0.1, 0.15) is 17.0 Å². The summed E-state index contributed by atoms with van der Waals surface area (Å²) in [4.78, 5) is 55.3. The van der Waals surface area contributed by atoms with Gasteiger partial charge in [0.2, 0.25) is 17.7 Å². The molecule has 0 bridgehead atoms. The Kier molecular flexibility index (Phi) is 4.43. The number of hydrogen-bond acceptors (Lipinski definition) is 7. The van der Waals surface area contributed by atoms with Crippen LogP contribution in [0.5, 0.6) is 5.75 Å². The molecule has 4 aliphatic rings. The summed E-state index contributed by atoms with van der Waals surface area (Å²) in [6.07, 6.45) is 1.48. The highest BCUT2D eigenvalue weighted by atomic mass is 79.9. The van der Waals surface area contributed by atoms with Crippen LogP contribution in [0.1, 0.15) is 18.4 Å². The number of ether oxygens (including phenoxy) is 1. The first kappa shape index (κ1) is 21.2. The van der Waals surface area contributed by atoms with Crippen molar-refractivity contribution in [3.8, 4) is 5.75 Å². The smallest absolute Gasteiger partial charge is 0.271 e. The number of rotatable bonds is 3. The third-order valence-corrected chi connectivity index (χ3v) is 8.06. The lowest BCUT2D eigenvalue weighted by Crippen LogP contribution is -2.54. The maximum absolute atomic E-state index is 14.0. The van der Waals surface area contributed by atoms with Gasteiger partial charge in [-0.3, -0.25) is 29.4 Å². The van der Waals surface area contributed by atoms with E-state index in [0.717, 1.165) is 15.8 Å². The summed E-state index contributed by atoms with van der Waals surface area (Å²) in [5, 5.41) is 14.3. The first-order chi connectivity index (χ1) is 16.3. The van der Waals surface area contributed by atoms with Crippen molar-refractivity contribution in [2.24, 2.45) is 11.8 Å². The first-order valence-corrected chi connectivity index (χ1v) is 11.7. The van der Waals surface area contributed by atoms with Crippen LogP contribution in [-0.4, -0.2) is 47.2 Å². The standard InChI is InChI=1S/C23H19BrN4O6/c1-34-17-7-5-12(28(32)33)10-16(17)27-20(29)18-15-3-2-8-26(15)23(19(18)21(27)30)13-9-11(24)4-6-14(13)25-22(23)31/h4-7,9-10,15,18-19H,2-3,8H2,1H3,(H,25,31)/t15-,18+,19+,23-/m1/s1. The minimum atomic E-state index is -1.32. The van der Waals surface area contributed by atoms with Crippen LogP contribution in [0.3, 0.4) is 0 Å². The highest BCUT2D eigenvalue weighted by Crippen LogP contribution is 2.61. The van der Waals surface area contributed by atoms with Gasteiger partial charge >= 0.3 is 0 Å². The fraction of sp³-hybridized carbons (Fsp3) is 0.348. The van der Waals surface area contributed by atoms with E-state index in [1.54, 1.807) is 6.07 Å². The van der Waals surface area contributed by atoms with Crippen LogP contribution >= 0.6 is 15.9 Å². The van der Waals surface area contributed by atoms with E-state index in [9.17, 15) is 24.5 Å². The molecule has 3 saturated heterocycles. The molecule has 3 amide bonds. The number of benzene rings is 2. The molecule has 4 atom stereocenters. The van der Waals surface area contributed by atoms with Crippen LogP contribution in [-0.2, 0) is 19.9 Å². The molecule has 3 fully saturated rings. The lowest BCUT2D eigenvalue weighted by atomic mass is 9.75. The highest BCUT2D eigenvalue weighted by Gasteiger charge is 2.74. The summed E-state index contributed by atoms with van der Waals surface area (Å²) in [5.74, 6) is -2.86. The van der Waals surface area contributed by atoms with Crippen molar-refractivity contribution in [2.75, 3.05) is 23.9 Å². The van der Waals surface area contributed by atoms with E-state index in [1.165, 1.54) is 25.3 Å². The average molecular weight is 527 g/mol. The van der Waals surface area contributed by atoms with E-state index in [0.29, 0.717) is 24.2 Å². The summed E-state index contributed by atoms with van der Waals surface area (Å²) in [5.41, 5.74) is -0.279. The van der Waals surface area contributed by atoms with E-state index >= 15 is 0 Å². The molecule has 0 unspecified atom stereocenters. The molecular formula is C23H19BrN4O6. The second-order valence-electron chi connectivity index (χ2n) is 8.94. The summed E-state index contributed by atoms with van der Waals surface area (Å²) in [7, 11) is 1.37. The molecule has 0 saturated carbocycles. The van der Waals surface area contributed by atoms with Crippen molar-refractivity contribution in [2.45, 2.75) is 24.4 Å². The number of non-ortho nitro benzene ring substituents is 1. The van der Waals surface area contributed by atoms with E-state index < -0.39 is 34.1 Å². The maximum Gasteiger partial charge on any atom is 0.271 e. The van der Waals surface area contributed by atoms with Crippen molar-refractivity contribution < 1.29 is 24.0 Å². The fourth-order valence-electron chi connectivity index (χ4n) is 6.38. The molecule has 0 aliphatic carbocycles. The molecule has 1 spiro atoms. The van der Waals surface area contributed by atoms with Crippen LogP contribution < -0.4 is 15.0 Å². The first-order valence-electron chi connectivity index (χ1n) is 10.9. The van der Waals surface area contributed by atoms with Crippen LogP contribution in [0.2, 0.25) is 0 Å². The second kappa shape index (κ2) is 7.09. The number of fused-ring (bicyclic) bond motifs is 7. The van der Waals surface area contributed by atoms with Crippen molar-refractivity contribution >= 4 is 50.7 Å². The van der Waals surface area contributed by atoms with E-state index in [-0.39, 0.29) is 29.1 Å². The quantitative estimate of drug-likeness (QED) is 0.370. The van der Waals surface area contributed by atoms with Gasteiger partial charge < -0.3 is 10.1 Å². The number of nitro benzene ring substituents is 1. The van der Waals surface area contributed by atoms with Gasteiger partial charge in [-0.05, 0) is 43.7 Å². The molecule has 4 aliphatic heterocycles. The van der Waals surface area contributed by atoms with Gasteiger partial charge in [-0.15, -0.1) is 0 Å². The normalized spacial score (nSPS) is 29.4. The van der Waals surface area contributed by atoms with E-state index in [2.05, 4.69) is 21.2 Å². The van der Waals surface area contributed by atoms with Crippen molar-refractivity contribution in [1.82, 2.24) is 4.90 Å². The van der Waals surface area contributed by atoms with Gasteiger partial charge in [0, 0.05) is 33.9 Å². The molecule has 0 radical (unpaired) electrons. The minimum absolute atomic E-state index is 0.0219. The number of amides is 3. The zero-order valence-corrected chi connectivity index (χ0v) is 19.6. The molecule has 6 rings (SSSR count). The third kappa shape index (κ3) is 2.45. The molecule has 10 nitrogen and oxygen atoms in total. The Morgan fingerprint density at radius 1 is 1.18 bits per heavy atom. The minimum Gasteiger partial charge on any atom is -0.495 e. The molecule has 0 aromatic heterocycles. The fourth-order valence-corrected chi connectivity index (χ4v) is 6.74. The number of nitro groups is 1. The van der Waals surface area contributed by atoms with Crippen molar-refractivity contribution in [1.29, 1.82) is 0 Å². The Morgan fingerprint density at radius 3 is 2.71 bits per heavy atom. The summed E-state index contributed by atoms with van der Waals surface area (Å²) in [6.45, 7) is 0.595. The number of halogens is 1. The van der Waals surface area contributed by atoms with Gasteiger partial charge in [0.15, 0.2) is 0 Å². The summed E-state index contributed by atoms with van der Waals surface area (Å²) >= 11 is 3.48. The Labute approximate surface area is 202 Å². The van der Waals surface area contributed by atoms with Gasteiger partial charge in [-0.25, -0.2) is 4.90 Å². The zero-order valence-electron chi connectivity index (χ0n) is 18.0. The number of nitrogens with zero attached hydrogens (tertiary/aromatic N) is 3. The second-order valence-corrected chi connectivity index (χ2v) is 9.86. The van der Waals surface area contributed by atoms with Gasteiger partial charge in [0.05, 0.1) is 23.9 Å². The largest absolute Gasteiger partial charge is 0.495 e. The number of imide groups is 1. The average Bonchev–Trinajstić information content (AvgIpc) is 3.52. The Balaban J connectivity index is 1.56. The lowest BCUT2D eigenvalue weighted by molar-refractivity contribution is -0.384. The Bertz CT molecular complexity index is 1310. The number of methoxy groups -OCH3 is 1. The molecule has 4 heterocycles. The molecule has 2 aromatic carbocycles. The van der Waals surface area contributed by atoms with Crippen LogP contribution in [0.25, 0.3) is 0 Å². The SMILES string of the molecule is COc1ccc([N+](=O)[O-])cc1N1C(=O)[C@H]2[C@H]3CCCN3[C@@]3(C(=O)Nc4ccc(Br)cc43)[C@@H]2C1=O. The van der Waals surface area contributed by atoms with Gasteiger partial charge in [-0.1, -0.05) is 15.9 Å².